The van der Waals surface area contributed by atoms with Gasteiger partial charge in [-0.15, -0.1) is 0 Å². The number of carbonyl (C=O) groups is 1. The summed E-state index contributed by atoms with van der Waals surface area (Å²) in [6.07, 6.45) is 5.36. The van der Waals surface area contributed by atoms with Crippen LogP contribution in [0.4, 0.5) is 0 Å². The van der Waals surface area contributed by atoms with Crippen LogP contribution in [0.3, 0.4) is 0 Å². The normalized spacial score (nSPS) is 15.7. The van der Waals surface area contributed by atoms with Crippen LogP contribution in [0.1, 0.15) is 35.1 Å². The number of amides is 1. The smallest absolute Gasteiger partial charge is 0.289 e. The molecular formula is C18H18ClN3O3. The average molecular weight is 360 g/mol. The third kappa shape index (κ3) is 2.98. The van der Waals surface area contributed by atoms with Crippen molar-refractivity contribution < 1.29 is 13.9 Å². The monoisotopic (exact) mass is 359 g/mol. The van der Waals surface area contributed by atoms with E-state index >= 15 is 0 Å². The molecule has 1 aliphatic rings. The Kier molecular flexibility index (Phi) is 4.13. The molecule has 4 rings (SSSR count). The number of nitrogens with zero attached hydrogens (tertiary/aromatic N) is 2. The van der Waals surface area contributed by atoms with Gasteiger partial charge in [-0.2, -0.15) is 0 Å². The minimum Gasteiger partial charge on any atom is -0.493 e. The fraction of sp³-hybridized carbons (Fsp3) is 0.333. The van der Waals surface area contributed by atoms with Crippen molar-refractivity contribution in [1.29, 1.82) is 0 Å². The van der Waals surface area contributed by atoms with Gasteiger partial charge in [-0.25, -0.2) is 4.98 Å². The van der Waals surface area contributed by atoms with Crippen LogP contribution >= 0.6 is 11.6 Å². The molecule has 1 amide bonds. The number of likely N-dealkylation sites (tertiary alicyclic amines) is 1. The van der Waals surface area contributed by atoms with E-state index in [4.69, 9.17) is 20.8 Å². The van der Waals surface area contributed by atoms with Crippen molar-refractivity contribution in [3.05, 3.63) is 47.2 Å². The highest BCUT2D eigenvalue weighted by atomic mass is 35.5. The zero-order valence-corrected chi connectivity index (χ0v) is 14.5. The van der Waals surface area contributed by atoms with Crippen LogP contribution in [0, 0.1) is 0 Å². The predicted molar refractivity (Wildman–Crippen MR) is 94.2 cm³/mol. The molecule has 1 saturated heterocycles. The molecule has 25 heavy (non-hydrogen) atoms. The van der Waals surface area contributed by atoms with E-state index in [1.54, 1.807) is 31.5 Å². The zero-order valence-electron chi connectivity index (χ0n) is 13.8. The van der Waals surface area contributed by atoms with Gasteiger partial charge in [0, 0.05) is 47.9 Å². The third-order valence-corrected chi connectivity index (χ3v) is 4.88. The topological polar surface area (TPSA) is 71.4 Å². The summed E-state index contributed by atoms with van der Waals surface area (Å²) >= 11 is 6.08. The second-order valence-electron chi connectivity index (χ2n) is 6.18. The third-order valence-electron chi connectivity index (χ3n) is 4.67. The van der Waals surface area contributed by atoms with Crippen molar-refractivity contribution >= 4 is 28.5 Å². The summed E-state index contributed by atoms with van der Waals surface area (Å²) in [6.45, 7) is 1.36. The summed E-state index contributed by atoms with van der Waals surface area (Å²) in [6, 6.07) is 5.17. The van der Waals surface area contributed by atoms with Crippen LogP contribution in [-0.4, -0.2) is 41.0 Å². The number of nitrogens with one attached hydrogen (secondary N) is 1. The van der Waals surface area contributed by atoms with E-state index in [0.717, 1.165) is 24.1 Å². The van der Waals surface area contributed by atoms with E-state index in [2.05, 4.69) is 9.97 Å². The van der Waals surface area contributed by atoms with Gasteiger partial charge in [0.15, 0.2) is 17.1 Å². The maximum atomic E-state index is 12.8. The molecule has 3 aromatic rings. The molecule has 7 heteroatoms. The number of fused-ring (bicyclic) bond motifs is 1. The van der Waals surface area contributed by atoms with E-state index in [1.165, 1.54) is 0 Å². The van der Waals surface area contributed by atoms with Gasteiger partial charge < -0.3 is 19.0 Å². The lowest BCUT2D eigenvalue weighted by Crippen LogP contribution is -2.37. The first kappa shape index (κ1) is 16.0. The zero-order chi connectivity index (χ0) is 17.4. The van der Waals surface area contributed by atoms with E-state index in [9.17, 15) is 4.79 Å². The molecule has 6 nitrogen and oxygen atoms in total. The van der Waals surface area contributed by atoms with Crippen LogP contribution in [0.25, 0.3) is 11.0 Å². The Hall–Kier alpha value is -2.47. The van der Waals surface area contributed by atoms with Gasteiger partial charge >= 0.3 is 0 Å². The summed E-state index contributed by atoms with van der Waals surface area (Å²) in [5.41, 5.74) is 0.542. The summed E-state index contributed by atoms with van der Waals surface area (Å²) < 4.78 is 11.1. The fourth-order valence-corrected chi connectivity index (χ4v) is 3.57. The Morgan fingerprint density at radius 1 is 1.36 bits per heavy atom. The second kappa shape index (κ2) is 6.44. The van der Waals surface area contributed by atoms with Gasteiger partial charge in [0.05, 0.1) is 7.11 Å². The van der Waals surface area contributed by atoms with Crippen molar-refractivity contribution in [3.8, 4) is 5.75 Å². The number of carbonyl (C=O) groups excluding carboxylic acids is 1. The molecule has 130 valence electrons. The molecule has 0 aliphatic carbocycles. The lowest BCUT2D eigenvalue weighted by molar-refractivity contribution is 0.0681. The Bertz CT molecular complexity index is 896. The molecule has 0 spiro atoms. The van der Waals surface area contributed by atoms with Crippen molar-refractivity contribution in [1.82, 2.24) is 14.9 Å². The first-order valence-electron chi connectivity index (χ1n) is 8.21. The lowest BCUT2D eigenvalue weighted by Gasteiger charge is -2.30. The fourth-order valence-electron chi connectivity index (χ4n) is 3.36. The van der Waals surface area contributed by atoms with Crippen LogP contribution in [-0.2, 0) is 0 Å². The maximum absolute atomic E-state index is 12.8. The molecule has 1 fully saturated rings. The number of ether oxygens (including phenoxy) is 1. The minimum atomic E-state index is -0.104. The van der Waals surface area contributed by atoms with Crippen LogP contribution in [0.5, 0.6) is 5.75 Å². The van der Waals surface area contributed by atoms with Gasteiger partial charge in [0.2, 0.25) is 0 Å². The van der Waals surface area contributed by atoms with E-state index < -0.39 is 0 Å². The van der Waals surface area contributed by atoms with Crippen molar-refractivity contribution in [2.75, 3.05) is 20.2 Å². The SMILES string of the molecule is COc1cc(Cl)cc2cc(C(=O)N3CCC(c4ncc[nH]4)CC3)oc12. The molecule has 0 atom stereocenters. The Labute approximate surface area is 149 Å². The quantitative estimate of drug-likeness (QED) is 0.771. The van der Waals surface area contributed by atoms with Gasteiger partial charge in [-0.1, -0.05) is 11.6 Å². The molecule has 0 bridgehead atoms. The summed E-state index contributed by atoms with van der Waals surface area (Å²) in [5.74, 6) is 2.10. The van der Waals surface area contributed by atoms with Gasteiger partial charge in [0.25, 0.3) is 5.91 Å². The number of imidazole rings is 1. The van der Waals surface area contributed by atoms with Gasteiger partial charge in [0.1, 0.15) is 5.82 Å². The highest BCUT2D eigenvalue weighted by Gasteiger charge is 2.27. The predicted octanol–water partition coefficient (Wildman–Crippen LogP) is 3.84. The van der Waals surface area contributed by atoms with E-state index in [0.29, 0.717) is 41.1 Å². The number of furan rings is 1. The molecule has 1 N–H and O–H groups in total. The molecule has 0 radical (unpaired) electrons. The van der Waals surface area contributed by atoms with Gasteiger partial charge in [-0.3, -0.25) is 4.79 Å². The van der Waals surface area contributed by atoms with Crippen molar-refractivity contribution in [2.24, 2.45) is 0 Å². The summed E-state index contributed by atoms with van der Waals surface area (Å²) in [4.78, 5) is 22.1. The maximum Gasteiger partial charge on any atom is 0.289 e. The number of rotatable bonds is 3. The number of hydrogen-bond acceptors (Lipinski definition) is 4. The Balaban J connectivity index is 1.53. The number of hydrogen-bond donors (Lipinski definition) is 1. The number of aromatic amines is 1. The molecule has 1 aliphatic heterocycles. The minimum absolute atomic E-state index is 0.104. The molecular weight excluding hydrogens is 342 g/mol. The molecule has 0 saturated carbocycles. The number of piperidine rings is 1. The first-order chi connectivity index (χ1) is 12.2. The van der Waals surface area contributed by atoms with Gasteiger partial charge in [-0.05, 0) is 25.0 Å². The molecule has 2 aromatic heterocycles. The van der Waals surface area contributed by atoms with Crippen molar-refractivity contribution in [2.45, 2.75) is 18.8 Å². The number of benzene rings is 1. The van der Waals surface area contributed by atoms with Crippen LogP contribution < -0.4 is 4.74 Å². The number of aromatic nitrogens is 2. The van der Waals surface area contributed by atoms with E-state index in [-0.39, 0.29) is 5.91 Å². The second-order valence-corrected chi connectivity index (χ2v) is 6.61. The molecule has 3 heterocycles. The summed E-state index contributed by atoms with van der Waals surface area (Å²) in [5, 5.41) is 1.31. The van der Waals surface area contributed by atoms with Crippen molar-refractivity contribution in [3.63, 3.8) is 0 Å². The highest BCUT2D eigenvalue weighted by molar-refractivity contribution is 6.31. The number of methoxy groups -OCH3 is 1. The first-order valence-corrected chi connectivity index (χ1v) is 8.59. The summed E-state index contributed by atoms with van der Waals surface area (Å²) in [7, 11) is 1.55. The average Bonchev–Trinajstić information content (AvgIpc) is 3.30. The van der Waals surface area contributed by atoms with Crippen LogP contribution in [0.15, 0.2) is 35.0 Å². The standard InChI is InChI=1S/C18H18ClN3O3/c1-24-14-10-13(19)8-12-9-15(25-16(12)14)18(23)22-6-2-11(3-7-22)17-20-4-5-21-17/h4-5,8-11H,2-3,6-7H2,1H3,(H,20,21). The largest absolute Gasteiger partial charge is 0.493 e. The van der Waals surface area contributed by atoms with Crippen LogP contribution in [0.2, 0.25) is 5.02 Å². The Morgan fingerprint density at radius 2 is 2.16 bits per heavy atom. The van der Waals surface area contributed by atoms with E-state index in [1.807, 2.05) is 11.1 Å². The Morgan fingerprint density at radius 3 is 2.84 bits per heavy atom. The lowest BCUT2D eigenvalue weighted by atomic mass is 9.96. The number of H-pyrrole nitrogens is 1. The number of halogens is 1. The molecule has 1 aromatic carbocycles. The highest BCUT2D eigenvalue weighted by Crippen LogP contribution is 2.33. The molecule has 0 unspecified atom stereocenters.